The fourth-order valence-electron chi connectivity index (χ4n) is 0. The zero-order valence-electron chi connectivity index (χ0n) is 7.24. The molecule has 0 aromatic rings. The monoisotopic (exact) mass is 374 g/mol. The van der Waals surface area contributed by atoms with Gasteiger partial charge in [0.25, 0.3) is 0 Å². The summed E-state index contributed by atoms with van der Waals surface area (Å²) in [7, 11) is -12.2. The molecule has 0 aromatic heterocycles. The normalized spacial score (nSPS) is 13.2. The third kappa shape index (κ3) is 9.63. The van der Waals surface area contributed by atoms with Crippen LogP contribution in [0.15, 0.2) is 0 Å². The van der Waals surface area contributed by atoms with E-state index < -0.39 is 31.3 Å². The van der Waals surface area contributed by atoms with E-state index >= 15 is 0 Å². The van der Waals surface area contributed by atoms with Crippen molar-refractivity contribution in [1.29, 1.82) is 0 Å². The van der Waals surface area contributed by atoms with E-state index in [1.807, 2.05) is 0 Å². The van der Waals surface area contributed by atoms with Crippen LogP contribution in [0.5, 0.6) is 0 Å². The van der Waals surface area contributed by atoms with E-state index in [1.165, 1.54) is 0 Å². The Hall–Kier alpha value is -0.0571. The number of alkyl halides is 6. The molecule has 0 saturated heterocycles. The Morgan fingerprint density at radius 2 is 0.706 bits per heavy atom. The van der Waals surface area contributed by atoms with Crippen LogP contribution in [0, 0.1) is 0 Å². The molecule has 15 heteroatoms. The molecule has 104 valence electrons. The first-order chi connectivity index (χ1) is 6.50. The van der Waals surface area contributed by atoms with Gasteiger partial charge in [0.1, 0.15) is 0 Å². The van der Waals surface area contributed by atoms with Crippen LogP contribution in [0.4, 0.5) is 26.3 Å². The van der Waals surface area contributed by atoms with Gasteiger partial charge >= 0.3 is 28.6 Å². The number of hydrogen-bond donors (Lipinski definition) is 0. The van der Waals surface area contributed by atoms with Crippen molar-refractivity contribution in [1.82, 2.24) is 0 Å². The third-order valence-electron chi connectivity index (χ3n) is 0.567. The van der Waals surface area contributed by atoms with Crippen molar-refractivity contribution >= 4 is 37.8 Å². The number of rotatable bonds is 0. The molecule has 0 heterocycles. The topological polar surface area (TPSA) is 114 Å². The molecular formula is C2H2F6GeO6S2. The van der Waals surface area contributed by atoms with Crippen LogP contribution in [-0.2, 0) is 20.2 Å². The van der Waals surface area contributed by atoms with Crippen molar-refractivity contribution in [3.63, 3.8) is 0 Å². The van der Waals surface area contributed by atoms with Crippen LogP contribution in [-0.4, -0.2) is 54.6 Å². The van der Waals surface area contributed by atoms with Gasteiger partial charge in [0.2, 0.25) is 0 Å². The molecule has 17 heavy (non-hydrogen) atoms. The molecule has 0 aromatic carbocycles. The quantitative estimate of drug-likeness (QED) is 0.238. The number of hydrogen-bond acceptors (Lipinski definition) is 6. The molecule has 0 fully saturated rings. The van der Waals surface area contributed by atoms with Crippen molar-refractivity contribution < 1.29 is 52.3 Å². The minimum absolute atomic E-state index is 0. The average molecular weight is 373 g/mol. The third-order valence-corrected chi connectivity index (χ3v) is 1.70. The fraction of sp³-hybridized carbons (Fsp3) is 1.00. The van der Waals surface area contributed by atoms with E-state index in [1.54, 1.807) is 0 Å². The van der Waals surface area contributed by atoms with Crippen LogP contribution in [0.2, 0.25) is 0 Å². The maximum atomic E-state index is 10.7. The first-order valence-corrected chi connectivity index (χ1v) is 5.36. The average Bonchev–Trinajstić information content (AvgIpc) is 1.77. The summed E-state index contributed by atoms with van der Waals surface area (Å²) in [4.78, 5) is 0. The molecule has 0 spiro atoms. The predicted octanol–water partition coefficient (Wildman–Crippen LogP) is -0.813. The summed E-state index contributed by atoms with van der Waals surface area (Å²) in [6.07, 6.45) is 0. The van der Waals surface area contributed by atoms with E-state index in [0.29, 0.717) is 0 Å². The van der Waals surface area contributed by atoms with Gasteiger partial charge in [0.15, 0.2) is 20.2 Å². The first kappa shape index (κ1) is 22.2. The molecule has 0 aliphatic heterocycles. The fourth-order valence-corrected chi connectivity index (χ4v) is 0. The second-order valence-electron chi connectivity index (χ2n) is 1.80. The van der Waals surface area contributed by atoms with Crippen molar-refractivity contribution in [2.45, 2.75) is 11.0 Å². The summed E-state index contributed by atoms with van der Waals surface area (Å²) < 4.78 is 118. The van der Waals surface area contributed by atoms with E-state index in [0.717, 1.165) is 0 Å². The van der Waals surface area contributed by atoms with Crippen LogP contribution in [0.3, 0.4) is 0 Å². The van der Waals surface area contributed by atoms with E-state index in [2.05, 4.69) is 0 Å². The van der Waals surface area contributed by atoms with Crippen molar-refractivity contribution in [2.75, 3.05) is 0 Å². The first-order valence-electron chi connectivity index (χ1n) is 2.54. The van der Waals surface area contributed by atoms with E-state index in [-0.39, 0.29) is 17.6 Å². The van der Waals surface area contributed by atoms with Crippen molar-refractivity contribution in [3.05, 3.63) is 0 Å². The number of halogens is 6. The Labute approximate surface area is 101 Å². The summed E-state index contributed by atoms with van der Waals surface area (Å²) in [5.74, 6) is 0. The summed E-state index contributed by atoms with van der Waals surface area (Å²) in [6.45, 7) is 0. The van der Waals surface area contributed by atoms with Gasteiger partial charge in [0, 0.05) is 0 Å². The van der Waals surface area contributed by atoms with Crippen LogP contribution >= 0.6 is 0 Å². The Kier molecular flexibility index (Phi) is 8.09. The Morgan fingerprint density at radius 3 is 0.706 bits per heavy atom. The molecule has 0 aliphatic carbocycles. The van der Waals surface area contributed by atoms with Crippen LogP contribution in [0.1, 0.15) is 0 Å². The summed E-state index contributed by atoms with van der Waals surface area (Å²) >= 11 is 0. The molecule has 0 N–H and O–H groups in total. The summed E-state index contributed by atoms with van der Waals surface area (Å²) in [5.41, 5.74) is -11.3. The van der Waals surface area contributed by atoms with Gasteiger partial charge in [-0.3, -0.25) is 0 Å². The second kappa shape index (κ2) is 6.21. The Morgan fingerprint density at radius 1 is 0.647 bits per heavy atom. The van der Waals surface area contributed by atoms with Gasteiger partial charge in [-0.15, -0.1) is 0 Å². The van der Waals surface area contributed by atoms with Gasteiger partial charge in [-0.05, 0) is 0 Å². The zero-order chi connectivity index (χ0) is 14.0. The van der Waals surface area contributed by atoms with Gasteiger partial charge in [0.05, 0.1) is 0 Å². The maximum absolute atomic E-state index is 10.7. The van der Waals surface area contributed by atoms with Crippen molar-refractivity contribution in [3.8, 4) is 0 Å². The summed E-state index contributed by atoms with van der Waals surface area (Å²) in [5, 5.41) is 0. The van der Waals surface area contributed by atoms with E-state index in [4.69, 9.17) is 25.9 Å². The zero-order valence-corrected chi connectivity index (χ0v) is 11.8. The minimum atomic E-state index is -6.09. The standard InChI is InChI=1S/2CHF3O3S.GeH2/c2*2-1(3,4)8(5,6)7;/h2*(H,5,6,7);1H2/q;;+2/p-2. The SMILES string of the molecule is O=S(=O)([O-])C(F)(F)F.O=S(=O)([O-])C(F)(F)F.[GeH2+2]. The molecule has 0 bridgehead atoms. The second-order valence-corrected chi connectivity index (χ2v) is 4.54. The molecule has 0 unspecified atom stereocenters. The van der Waals surface area contributed by atoms with Crippen molar-refractivity contribution in [2.24, 2.45) is 0 Å². The molecular weight excluding hydrogens is 371 g/mol. The van der Waals surface area contributed by atoms with Crippen LogP contribution in [0.25, 0.3) is 0 Å². The predicted molar refractivity (Wildman–Crippen MR) is 40.0 cm³/mol. The van der Waals surface area contributed by atoms with Gasteiger partial charge in [-0.1, -0.05) is 0 Å². The molecule has 0 saturated carbocycles. The molecule has 0 radical (unpaired) electrons. The van der Waals surface area contributed by atoms with Gasteiger partial charge in [-0.25, -0.2) is 16.8 Å². The molecule has 6 nitrogen and oxygen atoms in total. The van der Waals surface area contributed by atoms with E-state index in [9.17, 15) is 26.3 Å². The van der Waals surface area contributed by atoms with Crippen LogP contribution < -0.4 is 0 Å². The Bertz CT molecular complexity index is 374. The molecule has 0 aliphatic rings. The van der Waals surface area contributed by atoms with Gasteiger partial charge < -0.3 is 9.11 Å². The molecule has 0 rings (SSSR count). The Balaban J connectivity index is -0.000000218. The molecule has 0 amide bonds. The summed E-state index contributed by atoms with van der Waals surface area (Å²) in [6, 6.07) is 0. The van der Waals surface area contributed by atoms with Gasteiger partial charge in [-0.2, -0.15) is 26.3 Å². The molecule has 0 atom stereocenters.